The van der Waals surface area contributed by atoms with Crippen LogP contribution >= 0.6 is 0 Å². The van der Waals surface area contributed by atoms with Gasteiger partial charge in [0.15, 0.2) is 11.6 Å². The van der Waals surface area contributed by atoms with Gasteiger partial charge in [0, 0.05) is 49.5 Å². The lowest BCUT2D eigenvalue weighted by Gasteiger charge is -2.37. The van der Waals surface area contributed by atoms with Crippen LogP contribution in [0.4, 0.5) is 0 Å². The van der Waals surface area contributed by atoms with Crippen LogP contribution in [0.2, 0.25) is 0 Å². The Hall–Kier alpha value is -2.38. The number of fused-ring (bicyclic) bond motifs is 1. The summed E-state index contributed by atoms with van der Waals surface area (Å²) in [4.78, 5) is 83.0. The number of carboxylic acid groups (broad SMARTS) is 1. The molecule has 0 aromatic rings. The SMILES string of the molecule is CCCC(CC(=O)[C@@H]1C[C@@]2(CN1C(=O)[C@@H](CC(=O)CC1(C(=O)O)CCCCC1)C(C)(C)C)C(C)(C)C21CCC1)C(=O)C(=O)CC1CC1. The third kappa shape index (κ3) is 6.29. The van der Waals surface area contributed by atoms with Gasteiger partial charge in [-0.1, -0.05) is 73.6 Å². The molecule has 5 aliphatic rings. The Balaban J connectivity index is 1.40. The molecule has 0 aromatic carbocycles. The van der Waals surface area contributed by atoms with Gasteiger partial charge in [-0.3, -0.25) is 28.8 Å². The van der Waals surface area contributed by atoms with Crippen LogP contribution in [0.25, 0.3) is 0 Å². The van der Waals surface area contributed by atoms with Crippen molar-refractivity contribution in [3.63, 3.8) is 0 Å². The highest BCUT2D eigenvalue weighted by molar-refractivity contribution is 6.38. The van der Waals surface area contributed by atoms with Crippen LogP contribution in [0.15, 0.2) is 0 Å². The summed E-state index contributed by atoms with van der Waals surface area (Å²) in [6.07, 6.45) is 10.5. The molecule has 1 unspecified atom stereocenters. The van der Waals surface area contributed by atoms with Crippen molar-refractivity contribution in [2.24, 2.45) is 44.8 Å². The summed E-state index contributed by atoms with van der Waals surface area (Å²) in [5.41, 5.74) is -1.80. The lowest BCUT2D eigenvalue weighted by Crippen LogP contribution is -2.48. The van der Waals surface area contributed by atoms with Crippen LogP contribution in [0.3, 0.4) is 0 Å². The molecule has 262 valence electrons. The van der Waals surface area contributed by atoms with E-state index in [1.807, 2.05) is 27.7 Å². The maximum Gasteiger partial charge on any atom is 0.310 e. The molecule has 8 heteroatoms. The van der Waals surface area contributed by atoms with Crippen LogP contribution in [-0.4, -0.2) is 57.6 Å². The molecular formula is C39H59NO7. The molecule has 8 nitrogen and oxygen atoms in total. The zero-order valence-corrected chi connectivity index (χ0v) is 29.9. The predicted molar refractivity (Wildman–Crippen MR) is 178 cm³/mol. The lowest BCUT2D eigenvalue weighted by molar-refractivity contribution is -0.154. The van der Waals surface area contributed by atoms with Gasteiger partial charge in [-0.25, -0.2) is 0 Å². The topological polar surface area (TPSA) is 126 Å². The summed E-state index contributed by atoms with van der Waals surface area (Å²) >= 11 is 0. The Morgan fingerprint density at radius 3 is 2.00 bits per heavy atom. The second-order valence-corrected chi connectivity index (χ2v) is 17.9. The maximum absolute atomic E-state index is 14.8. The van der Waals surface area contributed by atoms with Gasteiger partial charge >= 0.3 is 5.97 Å². The maximum atomic E-state index is 14.8. The Kier molecular flexibility index (Phi) is 9.80. The van der Waals surface area contributed by atoms with Crippen LogP contribution in [0.1, 0.15) is 151 Å². The van der Waals surface area contributed by atoms with E-state index in [9.17, 15) is 33.9 Å². The Morgan fingerprint density at radius 2 is 1.51 bits per heavy atom. The van der Waals surface area contributed by atoms with E-state index in [1.54, 1.807) is 4.90 Å². The van der Waals surface area contributed by atoms with Gasteiger partial charge in [0.2, 0.25) is 11.7 Å². The van der Waals surface area contributed by atoms with Crippen LogP contribution < -0.4 is 0 Å². The number of nitrogens with zero attached hydrogens (tertiary/aromatic N) is 1. The van der Waals surface area contributed by atoms with E-state index >= 15 is 0 Å². The summed E-state index contributed by atoms with van der Waals surface area (Å²) in [6, 6.07) is -0.698. The van der Waals surface area contributed by atoms with Crippen LogP contribution in [0.5, 0.6) is 0 Å². The van der Waals surface area contributed by atoms with E-state index in [4.69, 9.17) is 0 Å². The number of hydrogen-bond donors (Lipinski definition) is 1. The highest BCUT2D eigenvalue weighted by atomic mass is 16.4. The minimum atomic E-state index is -1.07. The monoisotopic (exact) mass is 653 g/mol. The molecule has 0 radical (unpaired) electrons. The van der Waals surface area contributed by atoms with E-state index in [2.05, 4.69) is 13.8 Å². The average molecular weight is 654 g/mol. The molecule has 1 saturated heterocycles. The van der Waals surface area contributed by atoms with Gasteiger partial charge in [-0.05, 0) is 73.5 Å². The van der Waals surface area contributed by atoms with Crippen molar-refractivity contribution in [3.8, 4) is 0 Å². The third-order valence-corrected chi connectivity index (χ3v) is 13.9. The molecule has 5 rings (SSSR count). The van der Waals surface area contributed by atoms with Crippen molar-refractivity contribution in [2.45, 2.75) is 157 Å². The quantitative estimate of drug-likeness (QED) is 0.186. The van der Waals surface area contributed by atoms with E-state index in [-0.39, 0.29) is 65.2 Å². The Bertz CT molecular complexity index is 1290. The first kappa shape index (κ1) is 35.9. The molecule has 0 bridgehead atoms. The smallest absolute Gasteiger partial charge is 0.310 e. The summed E-state index contributed by atoms with van der Waals surface area (Å²) in [5.74, 6) is -3.37. The Morgan fingerprint density at radius 1 is 0.872 bits per heavy atom. The zero-order valence-electron chi connectivity index (χ0n) is 29.9. The number of aliphatic carboxylic acids is 1. The van der Waals surface area contributed by atoms with Crippen molar-refractivity contribution < 1.29 is 33.9 Å². The number of carboxylic acids is 1. The fourth-order valence-corrected chi connectivity index (χ4v) is 10.4. The largest absolute Gasteiger partial charge is 0.481 e. The zero-order chi connectivity index (χ0) is 34.6. The third-order valence-electron chi connectivity index (χ3n) is 13.9. The molecule has 0 aromatic heterocycles. The van der Waals surface area contributed by atoms with Crippen molar-refractivity contribution in [1.82, 2.24) is 4.90 Å². The fourth-order valence-electron chi connectivity index (χ4n) is 10.4. The predicted octanol–water partition coefficient (Wildman–Crippen LogP) is 7.14. The summed E-state index contributed by atoms with van der Waals surface area (Å²) in [7, 11) is 0. The van der Waals surface area contributed by atoms with Crippen molar-refractivity contribution in [3.05, 3.63) is 0 Å². The van der Waals surface area contributed by atoms with Gasteiger partial charge in [0.1, 0.15) is 5.78 Å². The van der Waals surface area contributed by atoms with E-state index in [0.29, 0.717) is 44.6 Å². The Labute approximate surface area is 281 Å². The molecule has 4 atom stereocenters. The van der Waals surface area contributed by atoms with Gasteiger partial charge in [-0.15, -0.1) is 0 Å². The fraction of sp³-hybridized carbons (Fsp3) is 0.846. The minimum Gasteiger partial charge on any atom is -0.481 e. The second kappa shape index (κ2) is 12.8. The number of ketones is 4. The normalized spacial score (nSPS) is 28.4. The molecule has 1 heterocycles. The van der Waals surface area contributed by atoms with Gasteiger partial charge in [0.25, 0.3) is 0 Å². The number of amides is 1. The van der Waals surface area contributed by atoms with Crippen molar-refractivity contribution in [2.75, 3.05) is 6.54 Å². The van der Waals surface area contributed by atoms with Crippen molar-refractivity contribution in [1.29, 1.82) is 0 Å². The van der Waals surface area contributed by atoms with E-state index < -0.39 is 40.5 Å². The van der Waals surface area contributed by atoms with Crippen LogP contribution in [0, 0.1) is 44.8 Å². The number of Topliss-reactive ketones (excluding diaryl/α,β-unsaturated/α-hetero) is 4. The molecule has 1 aliphatic heterocycles. The molecular weight excluding hydrogens is 594 g/mol. The summed E-state index contributed by atoms with van der Waals surface area (Å²) in [6.45, 7) is 12.8. The van der Waals surface area contributed by atoms with Crippen molar-refractivity contribution >= 4 is 35.0 Å². The second-order valence-electron chi connectivity index (χ2n) is 17.9. The number of likely N-dealkylation sites (tertiary alicyclic amines) is 1. The summed E-state index contributed by atoms with van der Waals surface area (Å²) < 4.78 is 0. The molecule has 47 heavy (non-hydrogen) atoms. The minimum absolute atomic E-state index is 0.0351. The standard InChI is InChI=1S/C39H59NO7/c1-7-12-26(32(44)31(43)19-25-13-14-25)20-30(42)29-23-39(36(5,6)38(39)17-11-18-38)24-40(29)33(45)28(35(2,3)4)21-27(41)22-37(34(46)47)15-9-8-10-16-37/h25-26,28-29H,7-24H2,1-6H3,(H,46,47)/t26?,28-,29+,39-/m1/s1. The first-order valence-electron chi connectivity index (χ1n) is 18.6. The number of rotatable bonds is 15. The molecule has 1 amide bonds. The molecule has 2 spiro atoms. The first-order chi connectivity index (χ1) is 21.9. The number of hydrogen-bond acceptors (Lipinski definition) is 6. The molecule has 5 fully saturated rings. The molecule has 4 saturated carbocycles. The van der Waals surface area contributed by atoms with Crippen LogP contribution in [-0.2, 0) is 28.8 Å². The van der Waals surface area contributed by atoms with E-state index in [0.717, 1.165) is 51.4 Å². The number of carbonyl (C=O) groups excluding carboxylic acids is 5. The van der Waals surface area contributed by atoms with Gasteiger partial charge < -0.3 is 10.0 Å². The molecule has 4 aliphatic carbocycles. The highest BCUT2D eigenvalue weighted by Crippen LogP contribution is 2.88. The highest BCUT2D eigenvalue weighted by Gasteiger charge is 2.85. The molecule has 1 N–H and O–H groups in total. The summed E-state index contributed by atoms with van der Waals surface area (Å²) in [5, 5.41) is 10.1. The lowest BCUT2D eigenvalue weighted by atomic mass is 9.69. The van der Waals surface area contributed by atoms with Gasteiger partial charge in [-0.2, -0.15) is 0 Å². The van der Waals surface area contributed by atoms with E-state index in [1.165, 1.54) is 0 Å². The first-order valence-corrected chi connectivity index (χ1v) is 18.6. The number of carbonyl (C=O) groups is 6. The average Bonchev–Trinajstić information content (AvgIpc) is 3.80. The van der Waals surface area contributed by atoms with Gasteiger partial charge in [0.05, 0.1) is 11.5 Å².